The van der Waals surface area contributed by atoms with Crippen molar-refractivity contribution in [2.24, 2.45) is 0 Å². The molecule has 21 heavy (non-hydrogen) atoms. The van der Waals surface area contributed by atoms with Gasteiger partial charge in [-0.2, -0.15) is 5.10 Å². The first-order valence-electron chi connectivity index (χ1n) is 6.04. The van der Waals surface area contributed by atoms with Gasteiger partial charge < -0.3 is 5.32 Å². The topological polar surface area (TPSA) is 96.9 Å². The van der Waals surface area contributed by atoms with E-state index in [0.29, 0.717) is 12.1 Å². The van der Waals surface area contributed by atoms with E-state index in [4.69, 9.17) is 0 Å². The molecule has 0 atom stereocenters. The predicted molar refractivity (Wildman–Crippen MR) is 82.3 cm³/mol. The lowest BCUT2D eigenvalue weighted by Gasteiger charge is -2.12. The normalized spacial score (nSPS) is 11.4. The highest BCUT2D eigenvalue weighted by molar-refractivity contribution is 9.10. The van der Waals surface area contributed by atoms with Gasteiger partial charge in [-0.1, -0.05) is 15.9 Å². The van der Waals surface area contributed by atoms with E-state index in [-0.39, 0.29) is 10.8 Å². The Labute approximate surface area is 131 Å². The van der Waals surface area contributed by atoms with E-state index in [0.717, 1.165) is 10.0 Å². The molecule has 0 aliphatic rings. The summed E-state index contributed by atoms with van der Waals surface area (Å²) in [5.41, 5.74) is 1.47. The van der Waals surface area contributed by atoms with E-state index >= 15 is 0 Å². The van der Waals surface area contributed by atoms with Gasteiger partial charge in [0.2, 0.25) is 0 Å². The standard InChI is InChI=1S/C12H14BrN5O2S/c1-8-10(13)5-9(7-14-2)6-11(8)21(19,20)18-12-15-3-4-16-17-12/h3-6,14H,7H2,1-2H3,(H,15,17,18). The monoisotopic (exact) mass is 371 g/mol. The summed E-state index contributed by atoms with van der Waals surface area (Å²) in [6.07, 6.45) is 2.73. The van der Waals surface area contributed by atoms with Crippen LogP contribution in [0.15, 0.2) is 33.9 Å². The number of rotatable bonds is 5. The van der Waals surface area contributed by atoms with Crippen molar-refractivity contribution >= 4 is 31.9 Å². The van der Waals surface area contributed by atoms with Gasteiger partial charge >= 0.3 is 0 Å². The molecule has 0 saturated heterocycles. The van der Waals surface area contributed by atoms with Gasteiger partial charge in [-0.25, -0.2) is 18.1 Å². The molecule has 0 fully saturated rings. The van der Waals surface area contributed by atoms with Gasteiger partial charge in [0, 0.05) is 11.0 Å². The Morgan fingerprint density at radius 2 is 2.05 bits per heavy atom. The van der Waals surface area contributed by atoms with Crippen LogP contribution in [0.4, 0.5) is 5.95 Å². The molecule has 9 heteroatoms. The lowest BCUT2D eigenvalue weighted by atomic mass is 10.1. The largest absolute Gasteiger partial charge is 0.316 e. The van der Waals surface area contributed by atoms with Gasteiger partial charge in [0.25, 0.3) is 16.0 Å². The van der Waals surface area contributed by atoms with E-state index < -0.39 is 10.0 Å². The van der Waals surface area contributed by atoms with Crippen LogP contribution in [0.1, 0.15) is 11.1 Å². The van der Waals surface area contributed by atoms with Gasteiger partial charge in [-0.3, -0.25) is 0 Å². The van der Waals surface area contributed by atoms with Crippen molar-refractivity contribution in [2.75, 3.05) is 11.8 Å². The number of anilines is 1. The molecule has 0 saturated carbocycles. The molecule has 2 aromatic rings. The van der Waals surface area contributed by atoms with Crippen LogP contribution in [0.2, 0.25) is 0 Å². The smallest absolute Gasteiger partial charge is 0.264 e. The predicted octanol–water partition coefficient (Wildman–Crippen LogP) is 1.46. The Hall–Kier alpha value is -1.58. The van der Waals surface area contributed by atoms with E-state index in [1.54, 1.807) is 20.0 Å². The summed E-state index contributed by atoms with van der Waals surface area (Å²) in [7, 11) is -1.98. The van der Waals surface area contributed by atoms with Crippen molar-refractivity contribution in [3.05, 3.63) is 40.1 Å². The summed E-state index contributed by atoms with van der Waals surface area (Å²) in [6, 6.07) is 3.50. The van der Waals surface area contributed by atoms with Crippen molar-refractivity contribution in [1.82, 2.24) is 20.5 Å². The van der Waals surface area contributed by atoms with E-state index in [1.165, 1.54) is 12.4 Å². The van der Waals surface area contributed by atoms with Gasteiger partial charge in [0.05, 0.1) is 17.3 Å². The van der Waals surface area contributed by atoms with Crippen molar-refractivity contribution < 1.29 is 8.42 Å². The van der Waals surface area contributed by atoms with Crippen LogP contribution in [-0.2, 0) is 16.6 Å². The zero-order valence-electron chi connectivity index (χ0n) is 11.5. The molecule has 0 aliphatic heterocycles. The van der Waals surface area contributed by atoms with Crippen LogP contribution in [0.25, 0.3) is 0 Å². The van der Waals surface area contributed by atoms with Crippen LogP contribution in [0.5, 0.6) is 0 Å². The van der Waals surface area contributed by atoms with Gasteiger partial charge in [0.1, 0.15) is 0 Å². The van der Waals surface area contributed by atoms with Crippen molar-refractivity contribution in [1.29, 1.82) is 0 Å². The van der Waals surface area contributed by atoms with Gasteiger partial charge in [0.15, 0.2) is 0 Å². The molecule has 0 bridgehead atoms. The number of aromatic nitrogens is 3. The number of halogens is 1. The molecule has 1 heterocycles. The summed E-state index contributed by atoms with van der Waals surface area (Å²) >= 11 is 3.38. The summed E-state index contributed by atoms with van der Waals surface area (Å²) < 4.78 is 28.0. The quantitative estimate of drug-likeness (QED) is 0.825. The van der Waals surface area contributed by atoms with E-state index in [9.17, 15) is 8.42 Å². The maximum Gasteiger partial charge on any atom is 0.264 e. The van der Waals surface area contributed by atoms with E-state index in [1.807, 2.05) is 6.07 Å². The lowest BCUT2D eigenvalue weighted by molar-refractivity contribution is 0.599. The highest BCUT2D eigenvalue weighted by atomic mass is 79.9. The Bertz CT molecular complexity index is 737. The van der Waals surface area contributed by atoms with Crippen LogP contribution < -0.4 is 10.0 Å². The zero-order chi connectivity index (χ0) is 15.5. The molecular formula is C12H14BrN5O2S. The second-order valence-corrected chi connectivity index (χ2v) is 6.81. The molecule has 7 nitrogen and oxygen atoms in total. The minimum Gasteiger partial charge on any atom is -0.316 e. The summed E-state index contributed by atoms with van der Waals surface area (Å²) in [4.78, 5) is 3.99. The fourth-order valence-electron chi connectivity index (χ4n) is 1.76. The molecule has 2 N–H and O–H groups in total. The molecule has 112 valence electrons. The van der Waals surface area contributed by atoms with E-state index in [2.05, 4.69) is 41.2 Å². The molecule has 0 radical (unpaired) electrons. The minimum absolute atomic E-state index is 0.0629. The summed E-state index contributed by atoms with van der Waals surface area (Å²) in [5, 5.41) is 10.2. The van der Waals surface area contributed by atoms with Crippen molar-refractivity contribution in [3.63, 3.8) is 0 Å². The van der Waals surface area contributed by atoms with Crippen LogP contribution in [0.3, 0.4) is 0 Å². The highest BCUT2D eigenvalue weighted by Gasteiger charge is 2.20. The molecule has 1 aromatic carbocycles. The molecule has 0 unspecified atom stereocenters. The fraction of sp³-hybridized carbons (Fsp3) is 0.250. The third-order valence-electron chi connectivity index (χ3n) is 2.74. The molecule has 1 aromatic heterocycles. The highest BCUT2D eigenvalue weighted by Crippen LogP contribution is 2.26. The maximum absolute atomic E-state index is 12.5. The first kappa shape index (κ1) is 15.8. The van der Waals surface area contributed by atoms with Crippen LogP contribution >= 0.6 is 15.9 Å². The lowest BCUT2D eigenvalue weighted by Crippen LogP contribution is -2.17. The minimum atomic E-state index is -3.78. The average molecular weight is 372 g/mol. The van der Waals surface area contributed by atoms with Crippen molar-refractivity contribution in [3.8, 4) is 0 Å². The van der Waals surface area contributed by atoms with Crippen LogP contribution in [0, 0.1) is 6.92 Å². The van der Waals surface area contributed by atoms with Crippen LogP contribution in [-0.4, -0.2) is 30.6 Å². The Kier molecular flexibility index (Phi) is 4.86. The van der Waals surface area contributed by atoms with Gasteiger partial charge in [-0.05, 0) is 37.2 Å². The number of hydrogen-bond donors (Lipinski definition) is 2. The molecule has 2 rings (SSSR count). The average Bonchev–Trinajstić information content (AvgIpc) is 2.43. The molecule has 0 spiro atoms. The SMILES string of the molecule is CNCc1cc(Br)c(C)c(S(=O)(=O)Nc2nccnn2)c1. The van der Waals surface area contributed by atoms with Crippen molar-refractivity contribution in [2.45, 2.75) is 18.4 Å². The first-order valence-corrected chi connectivity index (χ1v) is 8.32. The summed E-state index contributed by atoms with van der Waals surface area (Å²) in [6.45, 7) is 2.29. The maximum atomic E-state index is 12.5. The zero-order valence-corrected chi connectivity index (χ0v) is 13.9. The molecular weight excluding hydrogens is 358 g/mol. The second kappa shape index (κ2) is 6.46. The molecule has 0 aliphatic carbocycles. The number of nitrogens with zero attached hydrogens (tertiary/aromatic N) is 3. The third kappa shape index (κ3) is 3.74. The molecule has 0 amide bonds. The first-order chi connectivity index (χ1) is 9.94. The number of hydrogen-bond acceptors (Lipinski definition) is 6. The number of sulfonamides is 1. The second-order valence-electron chi connectivity index (χ2n) is 4.30. The Morgan fingerprint density at radius 1 is 1.29 bits per heavy atom. The summed E-state index contributed by atoms with van der Waals surface area (Å²) in [5.74, 6) is -0.0629. The third-order valence-corrected chi connectivity index (χ3v) is 5.01. The fourth-order valence-corrected chi connectivity index (χ4v) is 3.66. The number of benzene rings is 1. The number of nitrogens with one attached hydrogen (secondary N) is 2. The van der Waals surface area contributed by atoms with Gasteiger partial charge in [-0.15, -0.1) is 5.10 Å². The Balaban J connectivity index is 2.44. The Morgan fingerprint density at radius 3 is 2.67 bits per heavy atom.